The Morgan fingerprint density at radius 2 is 1.49 bits per heavy atom. The zero-order chi connectivity index (χ0) is 48.5. The maximum absolute atomic E-state index is 17.1. The molecule has 4 rings (SSSR count). The number of nitrogens with zero attached hydrogens (tertiary/aromatic N) is 5. The first-order chi connectivity index (χ1) is 30.3. The minimum Gasteiger partial charge on any atom is -0.463 e. The van der Waals surface area contributed by atoms with Crippen LogP contribution in [0.2, 0.25) is 5.28 Å². The Bertz CT molecular complexity index is 2120. The number of carbonyl (C=O) groups is 5. The fraction of sp³-hybridized carbons (Fsp3) is 0.628. The number of aromatic nitrogens is 4. The normalized spacial score (nSPS) is 17.9. The molecule has 0 bridgehead atoms. The van der Waals surface area contributed by atoms with Gasteiger partial charge >= 0.3 is 24.2 Å². The van der Waals surface area contributed by atoms with E-state index in [9.17, 15) is 24.0 Å². The van der Waals surface area contributed by atoms with Gasteiger partial charge in [0, 0.05) is 24.4 Å². The molecule has 0 saturated carbocycles. The summed E-state index contributed by atoms with van der Waals surface area (Å²) in [6.07, 6.45) is -7.27. The number of hydrogen-bond acceptors (Lipinski definition) is 16. The van der Waals surface area contributed by atoms with E-state index in [1.54, 1.807) is 86.6 Å². The zero-order valence-electron chi connectivity index (χ0n) is 38.5. The number of amides is 2. The average Bonchev–Trinajstić information content (AvgIpc) is 3.74. The average molecular weight is 958 g/mol. The van der Waals surface area contributed by atoms with E-state index in [1.165, 1.54) is 13.8 Å². The van der Waals surface area contributed by atoms with Crippen molar-refractivity contribution in [1.82, 2.24) is 19.5 Å². The summed E-state index contributed by atoms with van der Waals surface area (Å²) in [6, 6.07) is 6.30. The first-order valence-corrected chi connectivity index (χ1v) is 22.0. The summed E-state index contributed by atoms with van der Waals surface area (Å²) in [5, 5.41) is 3.15. The summed E-state index contributed by atoms with van der Waals surface area (Å²) in [7, 11) is 0. The highest BCUT2D eigenvalue weighted by atomic mass is 35.5. The molecule has 4 atom stereocenters. The standard InChI is InChI=1S/C43H59Cl2FN6O13/c1-12-58-35(54)43(36(55)59-13-2,22-25-17-19-26(20-18-25)48-28(53)16-14-15-21-44)60-23-27-31(62-39(57)64-41(6,7)8)29(46)34(61-27)51-24-47-30-32(51)49-37(45)50-33(30)52(65-42(9,10)11)38(56)63-40(3,4)5/h17-20,24,27,29,31,34H,12-16,21-23H2,1-11H3,(H,48,53)/t27-,29+,31-,34-/m1/s1. The van der Waals surface area contributed by atoms with Gasteiger partial charge in [-0.2, -0.15) is 9.97 Å². The van der Waals surface area contributed by atoms with E-state index in [2.05, 4.69) is 20.3 Å². The number of carbonyl (C=O) groups excluding carboxylic acids is 5. The van der Waals surface area contributed by atoms with Crippen LogP contribution in [-0.2, 0) is 58.8 Å². The molecule has 1 aromatic carbocycles. The minimum atomic E-state index is -2.50. The van der Waals surface area contributed by atoms with Crippen LogP contribution in [0.15, 0.2) is 30.6 Å². The van der Waals surface area contributed by atoms with Gasteiger partial charge < -0.3 is 38.5 Å². The number of fused-ring (bicyclic) bond motifs is 1. The van der Waals surface area contributed by atoms with Crippen molar-refractivity contribution in [3.05, 3.63) is 41.4 Å². The number of imidazole rings is 1. The minimum absolute atomic E-state index is 0.0924. The Balaban J connectivity index is 1.77. The summed E-state index contributed by atoms with van der Waals surface area (Å²) in [5.74, 6) is -2.29. The van der Waals surface area contributed by atoms with Crippen LogP contribution in [0.5, 0.6) is 0 Å². The molecule has 0 radical (unpaired) electrons. The first kappa shape index (κ1) is 52.7. The molecule has 3 aromatic rings. The maximum Gasteiger partial charge on any atom is 0.509 e. The van der Waals surface area contributed by atoms with Crippen LogP contribution in [0.4, 0.5) is 25.5 Å². The van der Waals surface area contributed by atoms with Crippen molar-refractivity contribution >= 4 is 76.0 Å². The monoisotopic (exact) mass is 956 g/mol. The highest BCUT2D eigenvalue weighted by molar-refractivity contribution is 6.28. The summed E-state index contributed by atoms with van der Waals surface area (Å²) < 4.78 is 57.8. The van der Waals surface area contributed by atoms with E-state index >= 15 is 4.39 Å². The van der Waals surface area contributed by atoms with E-state index in [-0.39, 0.29) is 42.5 Å². The zero-order valence-corrected chi connectivity index (χ0v) is 40.0. The summed E-state index contributed by atoms with van der Waals surface area (Å²) >= 11 is 12.1. The summed E-state index contributed by atoms with van der Waals surface area (Å²) in [6.45, 7) is 16.7. The molecule has 0 unspecified atom stereocenters. The van der Waals surface area contributed by atoms with E-state index in [0.29, 0.717) is 30.0 Å². The lowest BCUT2D eigenvalue weighted by molar-refractivity contribution is -0.197. The fourth-order valence-electron chi connectivity index (χ4n) is 6.24. The number of hydroxylamine groups is 1. The predicted molar refractivity (Wildman–Crippen MR) is 235 cm³/mol. The Morgan fingerprint density at radius 3 is 2.05 bits per heavy atom. The van der Waals surface area contributed by atoms with Gasteiger partial charge in [-0.25, -0.2) is 28.6 Å². The van der Waals surface area contributed by atoms with Crippen LogP contribution in [0.3, 0.4) is 0 Å². The number of rotatable bonds is 18. The molecule has 1 N–H and O–H groups in total. The van der Waals surface area contributed by atoms with Crippen LogP contribution in [0.1, 0.15) is 107 Å². The molecule has 3 heterocycles. The Labute approximate surface area is 387 Å². The van der Waals surface area contributed by atoms with Gasteiger partial charge in [-0.1, -0.05) is 12.1 Å². The second-order valence-corrected chi connectivity index (χ2v) is 18.5. The molecule has 360 valence electrons. The number of unbranched alkanes of at least 4 members (excludes halogenated alkanes) is 1. The largest absolute Gasteiger partial charge is 0.509 e. The number of esters is 2. The number of benzene rings is 1. The van der Waals surface area contributed by atoms with Crippen LogP contribution in [-0.4, -0.2) is 116 Å². The second kappa shape index (κ2) is 22.1. The van der Waals surface area contributed by atoms with Gasteiger partial charge in [0.15, 0.2) is 35.5 Å². The third kappa shape index (κ3) is 14.5. The Kier molecular flexibility index (Phi) is 17.9. The molecule has 2 aromatic heterocycles. The number of anilines is 2. The van der Waals surface area contributed by atoms with Gasteiger partial charge in [0.1, 0.15) is 17.3 Å². The maximum atomic E-state index is 17.1. The van der Waals surface area contributed by atoms with Gasteiger partial charge in [0.05, 0.1) is 31.7 Å². The molecular formula is C43H59Cl2FN6O13. The fourth-order valence-corrected chi connectivity index (χ4v) is 6.59. The van der Waals surface area contributed by atoms with Gasteiger partial charge in [0.25, 0.3) is 5.60 Å². The number of halogens is 3. The molecule has 1 fully saturated rings. The number of hydrogen-bond donors (Lipinski definition) is 1. The molecule has 1 aliphatic heterocycles. The number of ether oxygens (including phenoxy) is 7. The Hall–Kier alpha value is -4.89. The second-order valence-electron chi connectivity index (χ2n) is 17.8. The van der Waals surface area contributed by atoms with Crippen molar-refractivity contribution in [2.75, 3.05) is 36.1 Å². The van der Waals surface area contributed by atoms with Crippen LogP contribution in [0, 0.1) is 0 Å². The highest BCUT2D eigenvalue weighted by Gasteiger charge is 2.55. The molecule has 22 heteroatoms. The molecule has 0 aliphatic carbocycles. The number of alkyl halides is 2. The van der Waals surface area contributed by atoms with Gasteiger partial charge in [-0.15, -0.1) is 16.7 Å². The molecule has 65 heavy (non-hydrogen) atoms. The molecule has 19 nitrogen and oxygen atoms in total. The SMILES string of the molecule is CCOC(=O)C(Cc1ccc(NC(=O)CCCCCl)cc1)(OC[C@H]1O[C@@H](n2cnc3c(N(OC(C)(C)C)C(=O)OC(C)(C)C)nc(Cl)nc32)[C@@H](F)[C@@H]1OC(=O)OC(C)(C)C)C(=O)OCC. The smallest absolute Gasteiger partial charge is 0.463 e. The van der Waals surface area contributed by atoms with E-state index in [4.69, 9.17) is 61.2 Å². The van der Waals surface area contributed by atoms with E-state index in [1.807, 2.05) is 0 Å². The van der Waals surface area contributed by atoms with Gasteiger partial charge in [-0.05, 0) is 118 Å². The first-order valence-electron chi connectivity index (χ1n) is 21.1. The van der Waals surface area contributed by atoms with Crippen molar-refractivity contribution < 1.29 is 66.4 Å². The third-order valence-corrected chi connectivity index (χ3v) is 9.27. The summed E-state index contributed by atoms with van der Waals surface area (Å²) in [5.41, 5.74) is -4.89. The van der Waals surface area contributed by atoms with E-state index < -0.39 is 89.5 Å². The van der Waals surface area contributed by atoms with Crippen LogP contribution < -0.4 is 10.4 Å². The van der Waals surface area contributed by atoms with Crippen LogP contribution in [0.25, 0.3) is 11.2 Å². The molecular weight excluding hydrogens is 898 g/mol. The van der Waals surface area contributed by atoms with Crippen molar-refractivity contribution in [3.63, 3.8) is 0 Å². The van der Waals surface area contributed by atoms with Crippen molar-refractivity contribution in [1.29, 1.82) is 0 Å². The van der Waals surface area contributed by atoms with Gasteiger partial charge in [-0.3, -0.25) is 14.2 Å². The quantitative estimate of drug-likeness (QED) is 0.0243. The van der Waals surface area contributed by atoms with Crippen molar-refractivity contribution in [2.24, 2.45) is 0 Å². The third-order valence-electron chi connectivity index (χ3n) is 8.84. The molecule has 1 saturated heterocycles. The summed E-state index contributed by atoms with van der Waals surface area (Å²) in [4.78, 5) is 85.7. The molecule has 0 spiro atoms. The molecule has 2 amide bonds. The number of nitrogens with one attached hydrogen (secondary N) is 1. The lowest BCUT2D eigenvalue weighted by atomic mass is 9.93. The lowest BCUT2D eigenvalue weighted by Crippen LogP contribution is -2.54. The topological polar surface area (TPSA) is 218 Å². The van der Waals surface area contributed by atoms with Gasteiger partial charge in [0.2, 0.25) is 11.2 Å². The highest BCUT2D eigenvalue weighted by Crippen LogP contribution is 2.39. The lowest BCUT2D eigenvalue weighted by Gasteiger charge is -2.31. The van der Waals surface area contributed by atoms with Crippen molar-refractivity contribution in [3.8, 4) is 0 Å². The Morgan fingerprint density at radius 1 is 0.877 bits per heavy atom. The van der Waals surface area contributed by atoms with Crippen molar-refractivity contribution in [2.45, 2.75) is 149 Å². The van der Waals surface area contributed by atoms with Crippen LogP contribution >= 0.6 is 23.2 Å². The predicted octanol–water partition coefficient (Wildman–Crippen LogP) is 7.98. The van der Waals surface area contributed by atoms with E-state index in [0.717, 1.165) is 16.0 Å². The molecule has 1 aliphatic rings.